The van der Waals surface area contributed by atoms with Crippen molar-refractivity contribution < 1.29 is 8.83 Å². The van der Waals surface area contributed by atoms with Gasteiger partial charge in [-0.05, 0) is 24.3 Å². The standard InChI is InChI=1S/C20H16N4O2/c1-10(17-15-4-2-11(19(21)22)6-13(15)8-25-17)18-16-5-3-12(20(23)24)7-14(16)9-26-18/h2-9H,1H2,(H3,21,22)(H3,23,24). The van der Waals surface area contributed by atoms with E-state index in [1.807, 2.05) is 12.1 Å². The normalized spacial score (nSPS) is 11.1. The zero-order chi connectivity index (χ0) is 18.4. The van der Waals surface area contributed by atoms with Crippen LogP contribution in [0.5, 0.6) is 0 Å². The maximum absolute atomic E-state index is 7.54. The molecule has 26 heavy (non-hydrogen) atoms. The Morgan fingerprint density at radius 1 is 0.769 bits per heavy atom. The molecule has 128 valence electrons. The molecular weight excluding hydrogens is 328 g/mol. The average molecular weight is 344 g/mol. The number of amidine groups is 2. The second kappa shape index (κ2) is 5.63. The minimum absolute atomic E-state index is 0.00628. The largest absolute Gasteiger partial charge is 0.463 e. The van der Waals surface area contributed by atoms with Crippen LogP contribution in [0.3, 0.4) is 0 Å². The van der Waals surface area contributed by atoms with E-state index in [1.54, 1.807) is 36.8 Å². The van der Waals surface area contributed by atoms with Crippen LogP contribution in [-0.2, 0) is 0 Å². The van der Waals surface area contributed by atoms with Crippen LogP contribution in [0.15, 0.2) is 64.3 Å². The van der Waals surface area contributed by atoms with Crippen LogP contribution in [0.25, 0.3) is 27.1 Å². The van der Waals surface area contributed by atoms with Crippen molar-refractivity contribution in [2.24, 2.45) is 11.5 Å². The molecule has 6 N–H and O–H groups in total. The molecular formula is C20H16N4O2. The monoisotopic (exact) mass is 344 g/mol. The Morgan fingerprint density at radius 3 is 1.58 bits per heavy atom. The van der Waals surface area contributed by atoms with Crippen LogP contribution in [0.4, 0.5) is 0 Å². The molecule has 0 saturated heterocycles. The molecule has 0 amide bonds. The lowest BCUT2D eigenvalue weighted by atomic mass is 10.0. The van der Waals surface area contributed by atoms with E-state index < -0.39 is 0 Å². The van der Waals surface area contributed by atoms with Gasteiger partial charge in [0.2, 0.25) is 0 Å². The number of nitrogens with one attached hydrogen (secondary N) is 2. The van der Waals surface area contributed by atoms with Crippen molar-refractivity contribution in [1.82, 2.24) is 0 Å². The van der Waals surface area contributed by atoms with E-state index in [0.717, 1.165) is 21.5 Å². The summed E-state index contributed by atoms with van der Waals surface area (Å²) in [6, 6.07) is 10.9. The Balaban J connectivity index is 1.81. The van der Waals surface area contributed by atoms with Crippen LogP contribution in [0.2, 0.25) is 0 Å². The van der Waals surface area contributed by atoms with Gasteiger partial charge in [-0.25, -0.2) is 0 Å². The quantitative estimate of drug-likeness (QED) is 0.332. The summed E-state index contributed by atoms with van der Waals surface area (Å²) in [5.74, 6) is 1.21. The molecule has 6 nitrogen and oxygen atoms in total. The molecule has 0 aliphatic rings. The molecule has 2 heterocycles. The number of hydrogen-bond acceptors (Lipinski definition) is 4. The van der Waals surface area contributed by atoms with E-state index in [2.05, 4.69) is 6.58 Å². The molecule has 0 radical (unpaired) electrons. The van der Waals surface area contributed by atoms with Crippen LogP contribution >= 0.6 is 0 Å². The summed E-state index contributed by atoms with van der Waals surface area (Å²) >= 11 is 0. The number of nitrogen functional groups attached to an aromatic ring is 2. The third-order valence-corrected chi connectivity index (χ3v) is 4.37. The van der Waals surface area contributed by atoms with Gasteiger partial charge in [-0.1, -0.05) is 18.7 Å². The fourth-order valence-electron chi connectivity index (χ4n) is 3.01. The minimum atomic E-state index is 0.00628. The lowest BCUT2D eigenvalue weighted by molar-refractivity contribution is 0.536. The highest BCUT2D eigenvalue weighted by atomic mass is 16.3. The highest BCUT2D eigenvalue weighted by Gasteiger charge is 2.18. The first-order valence-electron chi connectivity index (χ1n) is 7.86. The highest BCUT2D eigenvalue weighted by molar-refractivity contribution is 6.05. The predicted octanol–water partition coefficient (Wildman–Crippen LogP) is 3.81. The van der Waals surface area contributed by atoms with Gasteiger partial charge in [0.05, 0.1) is 18.1 Å². The summed E-state index contributed by atoms with van der Waals surface area (Å²) in [5.41, 5.74) is 13.0. The minimum Gasteiger partial charge on any atom is -0.463 e. The van der Waals surface area contributed by atoms with Crippen LogP contribution in [0.1, 0.15) is 22.6 Å². The molecule has 0 atom stereocenters. The van der Waals surface area contributed by atoms with Crippen LogP contribution in [-0.4, -0.2) is 11.7 Å². The molecule has 6 heteroatoms. The smallest absolute Gasteiger partial charge is 0.144 e. The Bertz CT molecular complexity index is 1120. The van der Waals surface area contributed by atoms with Gasteiger partial charge in [0, 0.05) is 32.7 Å². The summed E-state index contributed by atoms with van der Waals surface area (Å²) < 4.78 is 11.4. The highest BCUT2D eigenvalue weighted by Crippen LogP contribution is 2.35. The van der Waals surface area contributed by atoms with E-state index in [4.69, 9.17) is 31.1 Å². The van der Waals surface area contributed by atoms with Crippen molar-refractivity contribution in [2.75, 3.05) is 0 Å². The molecule has 4 aromatic rings. The molecule has 0 aliphatic carbocycles. The summed E-state index contributed by atoms with van der Waals surface area (Å²) in [6.45, 7) is 4.13. The molecule has 0 fully saturated rings. The third-order valence-electron chi connectivity index (χ3n) is 4.37. The molecule has 2 aromatic carbocycles. The summed E-state index contributed by atoms with van der Waals surface area (Å²) in [7, 11) is 0. The van der Waals surface area contributed by atoms with Crippen molar-refractivity contribution in [1.29, 1.82) is 10.8 Å². The fourth-order valence-corrected chi connectivity index (χ4v) is 3.01. The van der Waals surface area contributed by atoms with Gasteiger partial charge in [0.15, 0.2) is 0 Å². The number of nitrogens with two attached hydrogens (primary N) is 2. The van der Waals surface area contributed by atoms with E-state index in [0.29, 0.717) is 28.2 Å². The van der Waals surface area contributed by atoms with Crippen LogP contribution in [0, 0.1) is 10.8 Å². The molecule has 4 rings (SSSR count). The van der Waals surface area contributed by atoms with E-state index in [1.165, 1.54) is 0 Å². The van der Waals surface area contributed by atoms with E-state index in [9.17, 15) is 0 Å². The lowest BCUT2D eigenvalue weighted by Crippen LogP contribution is -2.10. The molecule has 0 saturated carbocycles. The maximum atomic E-state index is 7.54. The number of rotatable bonds is 4. The second-order valence-electron chi connectivity index (χ2n) is 6.04. The number of hydrogen-bond donors (Lipinski definition) is 4. The second-order valence-corrected chi connectivity index (χ2v) is 6.04. The van der Waals surface area contributed by atoms with Crippen molar-refractivity contribution in [2.45, 2.75) is 0 Å². The molecule has 0 unspecified atom stereocenters. The zero-order valence-electron chi connectivity index (χ0n) is 13.8. The topological polar surface area (TPSA) is 126 Å². The van der Waals surface area contributed by atoms with Crippen molar-refractivity contribution in [3.05, 3.63) is 78.2 Å². The van der Waals surface area contributed by atoms with Gasteiger partial charge in [0.25, 0.3) is 0 Å². The van der Waals surface area contributed by atoms with Crippen molar-refractivity contribution in [3.8, 4) is 0 Å². The number of furan rings is 2. The fraction of sp³-hybridized carbons (Fsp3) is 0. The van der Waals surface area contributed by atoms with Crippen molar-refractivity contribution in [3.63, 3.8) is 0 Å². The third kappa shape index (κ3) is 2.36. The van der Waals surface area contributed by atoms with Gasteiger partial charge in [-0.2, -0.15) is 0 Å². The van der Waals surface area contributed by atoms with Gasteiger partial charge in [-0.15, -0.1) is 0 Å². The number of benzene rings is 2. The average Bonchev–Trinajstić information content (AvgIpc) is 3.24. The first kappa shape index (κ1) is 15.7. The first-order chi connectivity index (χ1) is 12.5. The van der Waals surface area contributed by atoms with Gasteiger partial charge >= 0.3 is 0 Å². The zero-order valence-corrected chi connectivity index (χ0v) is 13.8. The molecule has 0 bridgehead atoms. The lowest BCUT2D eigenvalue weighted by Gasteiger charge is -2.03. The Kier molecular flexibility index (Phi) is 3.40. The van der Waals surface area contributed by atoms with Crippen molar-refractivity contribution >= 4 is 38.8 Å². The summed E-state index contributed by atoms with van der Waals surface area (Å²) in [5, 5.41) is 18.5. The predicted molar refractivity (Wildman–Crippen MR) is 103 cm³/mol. The van der Waals surface area contributed by atoms with Gasteiger partial charge in [0.1, 0.15) is 23.2 Å². The summed E-state index contributed by atoms with van der Waals surface area (Å²) in [6.07, 6.45) is 3.22. The van der Waals surface area contributed by atoms with Crippen LogP contribution < -0.4 is 11.5 Å². The van der Waals surface area contributed by atoms with E-state index in [-0.39, 0.29) is 11.7 Å². The SMILES string of the molecule is C=C(c1occ2cc(C(=N)N)ccc12)c1occ2cc(C(=N)N)ccc12. The van der Waals surface area contributed by atoms with Gasteiger partial charge in [-0.3, -0.25) is 10.8 Å². The van der Waals surface area contributed by atoms with E-state index >= 15 is 0 Å². The number of fused-ring (bicyclic) bond motifs is 2. The Labute approximate surface area is 148 Å². The van der Waals surface area contributed by atoms with Gasteiger partial charge < -0.3 is 20.3 Å². The molecule has 2 aromatic heterocycles. The Hall–Kier alpha value is -3.80. The maximum Gasteiger partial charge on any atom is 0.144 e. The molecule has 0 aliphatic heterocycles. The molecule has 0 spiro atoms. The first-order valence-corrected chi connectivity index (χ1v) is 7.86. The summed E-state index contributed by atoms with van der Waals surface area (Å²) in [4.78, 5) is 0. The Morgan fingerprint density at radius 2 is 1.19 bits per heavy atom.